The minimum Gasteiger partial charge on any atom is -0.432 e. The van der Waals surface area contributed by atoms with Gasteiger partial charge in [0.15, 0.2) is 11.6 Å². The van der Waals surface area contributed by atoms with Crippen molar-refractivity contribution in [1.82, 2.24) is 19.5 Å². The van der Waals surface area contributed by atoms with E-state index in [4.69, 9.17) is 5.73 Å². The summed E-state index contributed by atoms with van der Waals surface area (Å²) >= 11 is 0. The molecule has 7 nitrogen and oxygen atoms in total. The molecule has 0 radical (unpaired) electrons. The number of rotatable bonds is 5. The highest BCUT2D eigenvalue weighted by molar-refractivity contribution is 5.78. The average molecular weight is 418 g/mol. The predicted octanol–water partition coefficient (Wildman–Crippen LogP) is 4.33. The van der Waals surface area contributed by atoms with Gasteiger partial charge in [-0.25, -0.2) is 13.8 Å². The van der Waals surface area contributed by atoms with E-state index < -0.39 is 24.0 Å². The molecule has 0 saturated heterocycles. The zero-order valence-electron chi connectivity index (χ0n) is 15.4. The van der Waals surface area contributed by atoms with Crippen LogP contribution in [0.3, 0.4) is 0 Å². The standard InChI is InChI=1S/C19H14F4N6O/c1-9-25-13-4-2-10(20)6-14(13)29(9)17-8-16(24)27-19(28-17)26-11-3-5-15(12(21)7-11)30-18(22)23/h2-8,18H,1H3,(H3,24,26,27,28). The summed E-state index contributed by atoms with van der Waals surface area (Å²) in [6.07, 6.45) is 0. The molecular formula is C19H14F4N6O. The summed E-state index contributed by atoms with van der Waals surface area (Å²) in [5.41, 5.74) is 7.11. The van der Waals surface area contributed by atoms with Crippen molar-refractivity contribution in [2.45, 2.75) is 13.5 Å². The number of alkyl halides is 2. The predicted molar refractivity (Wildman–Crippen MR) is 102 cm³/mol. The van der Waals surface area contributed by atoms with E-state index in [1.165, 1.54) is 24.3 Å². The molecule has 3 N–H and O–H groups in total. The van der Waals surface area contributed by atoms with Gasteiger partial charge in [-0.3, -0.25) is 4.57 Å². The Kier molecular flexibility index (Phi) is 4.86. The molecule has 0 aliphatic heterocycles. The third-order valence-corrected chi connectivity index (χ3v) is 4.15. The third-order valence-electron chi connectivity index (χ3n) is 4.15. The van der Waals surface area contributed by atoms with E-state index in [-0.39, 0.29) is 17.5 Å². The first-order chi connectivity index (χ1) is 14.3. The van der Waals surface area contributed by atoms with Crippen molar-refractivity contribution in [1.29, 1.82) is 0 Å². The Balaban J connectivity index is 1.71. The lowest BCUT2D eigenvalue weighted by Crippen LogP contribution is -2.07. The fourth-order valence-electron chi connectivity index (χ4n) is 2.98. The maximum absolute atomic E-state index is 13.9. The molecule has 11 heteroatoms. The zero-order chi connectivity index (χ0) is 21.4. The molecule has 2 aromatic carbocycles. The van der Waals surface area contributed by atoms with Gasteiger partial charge in [0.2, 0.25) is 5.95 Å². The molecule has 0 spiro atoms. The van der Waals surface area contributed by atoms with Gasteiger partial charge in [-0.2, -0.15) is 18.7 Å². The van der Waals surface area contributed by atoms with Crippen LogP contribution in [0.15, 0.2) is 42.5 Å². The molecule has 0 fully saturated rings. The third kappa shape index (κ3) is 3.81. The summed E-state index contributed by atoms with van der Waals surface area (Å²) in [5, 5.41) is 2.75. The van der Waals surface area contributed by atoms with Crippen LogP contribution in [0.2, 0.25) is 0 Å². The number of anilines is 3. The molecule has 0 amide bonds. The van der Waals surface area contributed by atoms with E-state index in [0.29, 0.717) is 22.7 Å². The molecular weight excluding hydrogens is 404 g/mol. The maximum atomic E-state index is 13.9. The Morgan fingerprint density at radius 3 is 2.57 bits per heavy atom. The van der Waals surface area contributed by atoms with Gasteiger partial charge in [0.1, 0.15) is 23.3 Å². The highest BCUT2D eigenvalue weighted by atomic mass is 19.3. The SMILES string of the molecule is Cc1nc2ccc(F)cc2n1-c1cc(N)nc(Nc2ccc(OC(F)F)c(F)c2)n1. The van der Waals surface area contributed by atoms with Crippen molar-refractivity contribution in [3.8, 4) is 11.6 Å². The Bertz CT molecular complexity index is 1240. The van der Waals surface area contributed by atoms with Gasteiger partial charge in [0, 0.05) is 23.9 Å². The minimum absolute atomic E-state index is 0.0181. The van der Waals surface area contributed by atoms with Crippen molar-refractivity contribution >= 4 is 28.5 Å². The van der Waals surface area contributed by atoms with Crippen LogP contribution >= 0.6 is 0 Å². The molecule has 0 aliphatic carbocycles. The number of hydrogen-bond donors (Lipinski definition) is 2. The minimum atomic E-state index is -3.14. The van der Waals surface area contributed by atoms with Crippen LogP contribution in [0.25, 0.3) is 16.9 Å². The van der Waals surface area contributed by atoms with Crippen molar-refractivity contribution in [2.24, 2.45) is 0 Å². The van der Waals surface area contributed by atoms with Crippen molar-refractivity contribution in [2.75, 3.05) is 11.1 Å². The van der Waals surface area contributed by atoms with Gasteiger partial charge in [0.05, 0.1) is 11.0 Å². The second-order valence-electron chi connectivity index (χ2n) is 6.25. The number of aryl methyl sites for hydroxylation is 1. The number of nitrogens with one attached hydrogen (secondary N) is 1. The molecule has 0 saturated carbocycles. The van der Waals surface area contributed by atoms with E-state index in [1.807, 2.05) is 0 Å². The maximum Gasteiger partial charge on any atom is 0.387 e. The summed E-state index contributed by atoms with van der Waals surface area (Å²) in [6, 6.07) is 8.97. The number of ether oxygens (including phenoxy) is 1. The lowest BCUT2D eigenvalue weighted by molar-refractivity contribution is -0.0521. The van der Waals surface area contributed by atoms with E-state index >= 15 is 0 Å². The lowest BCUT2D eigenvalue weighted by Gasteiger charge is -2.11. The summed E-state index contributed by atoms with van der Waals surface area (Å²) in [5.74, 6) is -1.05. The second kappa shape index (κ2) is 7.50. The number of benzene rings is 2. The molecule has 0 atom stereocenters. The number of fused-ring (bicyclic) bond motifs is 1. The van der Waals surface area contributed by atoms with E-state index in [1.54, 1.807) is 17.6 Å². The molecule has 2 heterocycles. The number of nitrogens with two attached hydrogens (primary N) is 1. The van der Waals surface area contributed by atoms with Crippen LogP contribution in [0, 0.1) is 18.6 Å². The van der Waals surface area contributed by atoms with Crippen molar-refractivity contribution < 1.29 is 22.3 Å². The van der Waals surface area contributed by atoms with Crippen LogP contribution in [-0.4, -0.2) is 26.1 Å². The molecule has 4 aromatic rings. The van der Waals surface area contributed by atoms with Gasteiger partial charge in [-0.15, -0.1) is 0 Å². The summed E-state index contributed by atoms with van der Waals surface area (Å²) < 4.78 is 57.9. The number of hydrogen-bond acceptors (Lipinski definition) is 6. The van der Waals surface area contributed by atoms with E-state index in [2.05, 4.69) is 25.0 Å². The van der Waals surface area contributed by atoms with Gasteiger partial charge >= 0.3 is 6.61 Å². The highest BCUT2D eigenvalue weighted by Crippen LogP contribution is 2.26. The largest absolute Gasteiger partial charge is 0.432 e. The van der Waals surface area contributed by atoms with Crippen LogP contribution in [0.4, 0.5) is 35.0 Å². The molecule has 4 rings (SSSR count). The molecule has 30 heavy (non-hydrogen) atoms. The van der Waals surface area contributed by atoms with E-state index in [9.17, 15) is 17.6 Å². The molecule has 154 valence electrons. The van der Waals surface area contributed by atoms with Gasteiger partial charge < -0.3 is 15.8 Å². The van der Waals surface area contributed by atoms with Crippen molar-refractivity contribution in [3.05, 3.63) is 59.9 Å². The lowest BCUT2D eigenvalue weighted by atomic mass is 10.3. The van der Waals surface area contributed by atoms with Crippen LogP contribution in [0.1, 0.15) is 5.82 Å². The summed E-state index contributed by atoms with van der Waals surface area (Å²) in [4.78, 5) is 12.7. The first kappa shape index (κ1) is 19.4. The van der Waals surface area contributed by atoms with Gasteiger partial charge in [-0.1, -0.05) is 0 Å². The Morgan fingerprint density at radius 2 is 1.83 bits per heavy atom. The summed E-state index contributed by atoms with van der Waals surface area (Å²) in [6.45, 7) is -1.42. The normalized spacial score (nSPS) is 11.3. The highest BCUT2D eigenvalue weighted by Gasteiger charge is 2.15. The van der Waals surface area contributed by atoms with Crippen LogP contribution < -0.4 is 15.8 Å². The smallest absolute Gasteiger partial charge is 0.387 e. The monoisotopic (exact) mass is 418 g/mol. The fraction of sp³-hybridized carbons (Fsp3) is 0.105. The average Bonchev–Trinajstić information content (AvgIpc) is 2.98. The van der Waals surface area contributed by atoms with Crippen LogP contribution in [-0.2, 0) is 0 Å². The quantitative estimate of drug-likeness (QED) is 0.469. The summed E-state index contributed by atoms with van der Waals surface area (Å²) in [7, 11) is 0. The zero-order valence-corrected chi connectivity index (χ0v) is 15.4. The topological polar surface area (TPSA) is 90.9 Å². The second-order valence-corrected chi connectivity index (χ2v) is 6.25. The molecule has 0 aliphatic rings. The van der Waals surface area contributed by atoms with Crippen LogP contribution in [0.5, 0.6) is 5.75 Å². The molecule has 0 unspecified atom stereocenters. The Labute approximate surface area is 167 Å². The first-order valence-corrected chi connectivity index (χ1v) is 8.61. The Hall–Kier alpha value is -3.89. The molecule has 0 bridgehead atoms. The number of imidazole rings is 1. The fourth-order valence-corrected chi connectivity index (χ4v) is 2.98. The molecule has 2 aromatic heterocycles. The number of halogens is 4. The number of nitrogen functional groups attached to an aromatic ring is 1. The number of aromatic nitrogens is 4. The van der Waals surface area contributed by atoms with Crippen molar-refractivity contribution in [3.63, 3.8) is 0 Å². The first-order valence-electron chi connectivity index (χ1n) is 8.61. The number of nitrogens with zero attached hydrogens (tertiary/aromatic N) is 4. The van der Waals surface area contributed by atoms with Gasteiger partial charge in [0.25, 0.3) is 0 Å². The van der Waals surface area contributed by atoms with E-state index in [0.717, 1.165) is 12.1 Å². The van der Waals surface area contributed by atoms with Gasteiger partial charge in [-0.05, 0) is 31.2 Å². The Morgan fingerprint density at radius 1 is 1.03 bits per heavy atom.